The van der Waals surface area contributed by atoms with Crippen LogP contribution in [0.15, 0.2) is 22.8 Å². The topological polar surface area (TPSA) is 68.3 Å². The van der Waals surface area contributed by atoms with Gasteiger partial charge in [0.15, 0.2) is 0 Å². The van der Waals surface area contributed by atoms with Gasteiger partial charge in [-0.05, 0) is 31.5 Å². The molecule has 0 saturated carbocycles. The Bertz CT molecular complexity index is 289. The fourth-order valence-corrected chi connectivity index (χ4v) is 1.47. The zero-order chi connectivity index (χ0) is 11.6. The summed E-state index contributed by atoms with van der Waals surface area (Å²) < 4.78 is 5.11. The molecule has 5 heteroatoms. The SMILES string of the molecule is Cl.NCCCCCCC(=O)NCc1ccco1. The number of hydrogen-bond donors (Lipinski definition) is 2. The molecular weight excluding hydrogens is 240 g/mol. The van der Waals surface area contributed by atoms with Gasteiger partial charge in [0.2, 0.25) is 5.91 Å². The van der Waals surface area contributed by atoms with Crippen LogP contribution in [0.1, 0.15) is 37.9 Å². The fraction of sp³-hybridized carbons (Fsp3) is 0.583. The van der Waals surface area contributed by atoms with Crippen LogP contribution in [0.25, 0.3) is 0 Å². The highest BCUT2D eigenvalue weighted by molar-refractivity contribution is 5.85. The van der Waals surface area contributed by atoms with E-state index in [2.05, 4.69) is 5.32 Å². The van der Waals surface area contributed by atoms with E-state index in [1.165, 1.54) is 0 Å². The van der Waals surface area contributed by atoms with Crippen molar-refractivity contribution in [3.63, 3.8) is 0 Å². The number of nitrogens with two attached hydrogens (primary N) is 1. The molecule has 0 aromatic carbocycles. The second kappa shape index (κ2) is 10.2. The maximum Gasteiger partial charge on any atom is 0.220 e. The van der Waals surface area contributed by atoms with Crippen LogP contribution in [0.2, 0.25) is 0 Å². The predicted octanol–water partition coefficient (Wildman–Crippen LogP) is 2.23. The molecule has 98 valence electrons. The van der Waals surface area contributed by atoms with Gasteiger partial charge in [-0.15, -0.1) is 12.4 Å². The zero-order valence-corrected chi connectivity index (χ0v) is 10.8. The summed E-state index contributed by atoms with van der Waals surface area (Å²) in [7, 11) is 0. The molecule has 1 aromatic rings. The van der Waals surface area contributed by atoms with Crippen molar-refractivity contribution in [1.82, 2.24) is 5.32 Å². The molecule has 3 N–H and O–H groups in total. The molecule has 0 aliphatic rings. The van der Waals surface area contributed by atoms with E-state index in [1.54, 1.807) is 6.26 Å². The lowest BCUT2D eigenvalue weighted by Crippen LogP contribution is -2.21. The van der Waals surface area contributed by atoms with Crippen LogP contribution >= 0.6 is 12.4 Å². The molecule has 0 aliphatic carbocycles. The summed E-state index contributed by atoms with van der Waals surface area (Å²) >= 11 is 0. The fourth-order valence-electron chi connectivity index (χ4n) is 1.47. The normalized spacial score (nSPS) is 9.71. The van der Waals surface area contributed by atoms with Gasteiger partial charge in [-0.25, -0.2) is 0 Å². The van der Waals surface area contributed by atoms with E-state index in [-0.39, 0.29) is 18.3 Å². The van der Waals surface area contributed by atoms with Crippen molar-refractivity contribution in [3.8, 4) is 0 Å². The molecule has 1 aromatic heterocycles. The molecule has 0 atom stereocenters. The number of unbranched alkanes of at least 4 members (excludes halogenated alkanes) is 3. The Morgan fingerprint density at radius 1 is 1.29 bits per heavy atom. The van der Waals surface area contributed by atoms with E-state index in [1.807, 2.05) is 12.1 Å². The summed E-state index contributed by atoms with van der Waals surface area (Å²) in [5, 5.41) is 2.82. The van der Waals surface area contributed by atoms with Crippen LogP contribution < -0.4 is 11.1 Å². The smallest absolute Gasteiger partial charge is 0.220 e. The first-order chi connectivity index (χ1) is 7.83. The quantitative estimate of drug-likeness (QED) is 0.705. The molecule has 0 aliphatic heterocycles. The lowest BCUT2D eigenvalue weighted by Gasteiger charge is -2.03. The summed E-state index contributed by atoms with van der Waals surface area (Å²) in [6, 6.07) is 3.66. The third-order valence-electron chi connectivity index (χ3n) is 2.40. The van der Waals surface area contributed by atoms with Crippen LogP contribution in [0.4, 0.5) is 0 Å². The van der Waals surface area contributed by atoms with Crippen LogP contribution in [-0.2, 0) is 11.3 Å². The molecule has 4 nitrogen and oxygen atoms in total. The number of carbonyl (C=O) groups excluding carboxylic acids is 1. The Balaban J connectivity index is 0.00000256. The number of amides is 1. The van der Waals surface area contributed by atoms with Crippen LogP contribution in [0.3, 0.4) is 0 Å². The average Bonchev–Trinajstić information content (AvgIpc) is 2.79. The van der Waals surface area contributed by atoms with Crippen LogP contribution in [0, 0.1) is 0 Å². The van der Waals surface area contributed by atoms with E-state index in [4.69, 9.17) is 10.2 Å². The first-order valence-corrected chi connectivity index (χ1v) is 5.82. The maximum absolute atomic E-state index is 11.4. The van der Waals surface area contributed by atoms with Gasteiger partial charge in [0.05, 0.1) is 12.8 Å². The highest BCUT2D eigenvalue weighted by atomic mass is 35.5. The minimum absolute atomic E-state index is 0. The van der Waals surface area contributed by atoms with E-state index in [0.29, 0.717) is 13.0 Å². The van der Waals surface area contributed by atoms with E-state index in [9.17, 15) is 4.79 Å². The van der Waals surface area contributed by atoms with Gasteiger partial charge in [0, 0.05) is 6.42 Å². The van der Waals surface area contributed by atoms with E-state index >= 15 is 0 Å². The minimum Gasteiger partial charge on any atom is -0.467 e. The second-order valence-electron chi connectivity index (χ2n) is 3.81. The monoisotopic (exact) mass is 260 g/mol. The highest BCUT2D eigenvalue weighted by Crippen LogP contribution is 2.03. The van der Waals surface area contributed by atoms with Crippen LogP contribution in [0.5, 0.6) is 0 Å². The van der Waals surface area contributed by atoms with Gasteiger partial charge in [-0.1, -0.05) is 12.8 Å². The van der Waals surface area contributed by atoms with Crippen molar-refractivity contribution >= 4 is 18.3 Å². The summed E-state index contributed by atoms with van der Waals surface area (Å²) in [5.74, 6) is 0.876. The Morgan fingerprint density at radius 2 is 2.06 bits per heavy atom. The Morgan fingerprint density at radius 3 is 2.71 bits per heavy atom. The van der Waals surface area contributed by atoms with Gasteiger partial charge in [0.25, 0.3) is 0 Å². The van der Waals surface area contributed by atoms with E-state index < -0.39 is 0 Å². The van der Waals surface area contributed by atoms with Gasteiger partial charge in [0.1, 0.15) is 5.76 Å². The third-order valence-corrected chi connectivity index (χ3v) is 2.40. The van der Waals surface area contributed by atoms with Crippen molar-refractivity contribution < 1.29 is 9.21 Å². The molecule has 0 unspecified atom stereocenters. The summed E-state index contributed by atoms with van der Waals surface area (Å²) in [6.07, 6.45) is 6.37. The molecular formula is C12H21ClN2O2. The standard InChI is InChI=1S/C12H20N2O2.ClH/c13-8-4-2-1-3-7-12(15)14-10-11-6-5-9-16-11;/h5-6,9H,1-4,7-8,10,13H2,(H,14,15);1H. The van der Waals surface area contributed by atoms with Gasteiger partial charge in [-0.2, -0.15) is 0 Å². The average molecular weight is 261 g/mol. The summed E-state index contributed by atoms with van der Waals surface area (Å²) in [6.45, 7) is 1.22. The highest BCUT2D eigenvalue weighted by Gasteiger charge is 2.02. The largest absolute Gasteiger partial charge is 0.467 e. The molecule has 0 radical (unpaired) electrons. The molecule has 17 heavy (non-hydrogen) atoms. The van der Waals surface area contributed by atoms with Gasteiger partial charge < -0.3 is 15.5 Å². The third kappa shape index (κ3) is 7.82. The Hall–Kier alpha value is -1.00. The first-order valence-electron chi connectivity index (χ1n) is 5.82. The lowest BCUT2D eigenvalue weighted by atomic mass is 10.1. The van der Waals surface area contributed by atoms with Crippen molar-refractivity contribution in [2.45, 2.75) is 38.6 Å². The molecule has 0 spiro atoms. The molecule has 0 saturated heterocycles. The predicted molar refractivity (Wildman–Crippen MR) is 69.9 cm³/mol. The zero-order valence-electron chi connectivity index (χ0n) is 9.98. The number of halogens is 1. The Labute approximate surface area is 108 Å². The number of nitrogens with one attached hydrogen (secondary N) is 1. The molecule has 0 bridgehead atoms. The Kier molecular flexibility index (Phi) is 9.57. The van der Waals surface area contributed by atoms with Crippen LogP contribution in [-0.4, -0.2) is 12.5 Å². The number of rotatable bonds is 8. The van der Waals surface area contributed by atoms with Crippen molar-refractivity contribution in [2.75, 3.05) is 6.54 Å². The number of hydrogen-bond acceptors (Lipinski definition) is 3. The summed E-state index contributed by atoms with van der Waals surface area (Å²) in [4.78, 5) is 11.4. The number of carbonyl (C=O) groups is 1. The molecule has 0 fully saturated rings. The van der Waals surface area contributed by atoms with Gasteiger partial charge in [-0.3, -0.25) is 4.79 Å². The second-order valence-corrected chi connectivity index (χ2v) is 3.81. The molecule has 1 amide bonds. The lowest BCUT2D eigenvalue weighted by molar-refractivity contribution is -0.121. The first kappa shape index (κ1) is 16.0. The maximum atomic E-state index is 11.4. The van der Waals surface area contributed by atoms with Gasteiger partial charge >= 0.3 is 0 Å². The van der Waals surface area contributed by atoms with Crippen molar-refractivity contribution in [2.24, 2.45) is 5.73 Å². The number of furan rings is 1. The molecule has 1 rings (SSSR count). The summed E-state index contributed by atoms with van der Waals surface area (Å²) in [5.41, 5.74) is 5.38. The molecule has 1 heterocycles. The van der Waals surface area contributed by atoms with Crippen molar-refractivity contribution in [3.05, 3.63) is 24.2 Å². The minimum atomic E-state index is 0. The van der Waals surface area contributed by atoms with Crippen molar-refractivity contribution in [1.29, 1.82) is 0 Å². The van der Waals surface area contributed by atoms with E-state index in [0.717, 1.165) is 38.0 Å².